The van der Waals surface area contributed by atoms with Crippen LogP contribution in [-0.4, -0.2) is 41.0 Å². The van der Waals surface area contributed by atoms with Crippen molar-refractivity contribution in [3.8, 4) is 5.75 Å². The molecule has 4 amide bonds. The van der Waals surface area contributed by atoms with E-state index < -0.39 is 17.1 Å². The maximum absolute atomic E-state index is 12.8. The van der Waals surface area contributed by atoms with Crippen molar-refractivity contribution in [3.05, 3.63) is 93.9 Å². The van der Waals surface area contributed by atoms with E-state index in [-0.39, 0.29) is 24.0 Å². The predicted molar refractivity (Wildman–Crippen MR) is 149 cm³/mol. The van der Waals surface area contributed by atoms with Gasteiger partial charge in [0.1, 0.15) is 12.3 Å². The molecular formula is C29H27N3O5S. The van der Waals surface area contributed by atoms with Crippen molar-refractivity contribution in [2.24, 2.45) is 0 Å². The molecule has 0 aliphatic carbocycles. The number of hydrogen-bond donors (Lipinski definition) is 2. The molecule has 3 aromatic carbocycles. The van der Waals surface area contributed by atoms with Crippen LogP contribution in [-0.2, 0) is 14.4 Å². The fourth-order valence-corrected chi connectivity index (χ4v) is 4.55. The van der Waals surface area contributed by atoms with Gasteiger partial charge in [0.15, 0.2) is 6.61 Å². The highest BCUT2D eigenvalue weighted by Crippen LogP contribution is 2.32. The van der Waals surface area contributed by atoms with E-state index >= 15 is 0 Å². The van der Waals surface area contributed by atoms with E-state index in [0.29, 0.717) is 22.7 Å². The quantitative estimate of drug-likeness (QED) is 0.384. The summed E-state index contributed by atoms with van der Waals surface area (Å²) in [5, 5.41) is 4.99. The monoisotopic (exact) mass is 529 g/mol. The molecule has 0 bridgehead atoms. The molecular weight excluding hydrogens is 502 g/mol. The fourth-order valence-electron chi connectivity index (χ4n) is 3.71. The third-order valence-electron chi connectivity index (χ3n) is 5.79. The SMILES string of the molecule is Cc1cccc(NC(=O)CN2C(=O)S/C(=C\c3cccc(OCC(=O)Nc4ccc(C)c(C)c4)c3)C2=O)c1. The number of hydrogen-bond acceptors (Lipinski definition) is 6. The highest BCUT2D eigenvalue weighted by Gasteiger charge is 2.36. The smallest absolute Gasteiger partial charge is 0.294 e. The predicted octanol–water partition coefficient (Wildman–Crippen LogP) is 5.30. The van der Waals surface area contributed by atoms with Gasteiger partial charge >= 0.3 is 0 Å². The molecule has 0 atom stereocenters. The minimum absolute atomic E-state index is 0.192. The summed E-state index contributed by atoms with van der Waals surface area (Å²) < 4.78 is 5.62. The second-order valence-electron chi connectivity index (χ2n) is 8.89. The lowest BCUT2D eigenvalue weighted by molar-refractivity contribution is -0.127. The van der Waals surface area contributed by atoms with Gasteiger partial charge in [0.05, 0.1) is 4.91 Å². The molecule has 0 unspecified atom stereocenters. The molecule has 0 aromatic heterocycles. The van der Waals surface area contributed by atoms with Gasteiger partial charge in [-0.05, 0) is 97.3 Å². The molecule has 1 heterocycles. The zero-order chi connectivity index (χ0) is 27.2. The summed E-state index contributed by atoms with van der Waals surface area (Å²) in [5.41, 5.74) is 5.10. The molecule has 2 N–H and O–H groups in total. The van der Waals surface area contributed by atoms with Gasteiger partial charge in [-0.15, -0.1) is 0 Å². The molecule has 38 heavy (non-hydrogen) atoms. The molecule has 9 heteroatoms. The third kappa shape index (κ3) is 6.89. The average molecular weight is 530 g/mol. The number of aryl methyl sites for hydroxylation is 3. The molecule has 1 aliphatic heterocycles. The van der Waals surface area contributed by atoms with E-state index in [1.807, 2.05) is 51.1 Å². The average Bonchev–Trinajstić information content (AvgIpc) is 3.12. The first-order chi connectivity index (χ1) is 18.2. The topological polar surface area (TPSA) is 105 Å². The zero-order valence-electron chi connectivity index (χ0n) is 21.2. The number of nitrogens with zero attached hydrogens (tertiary/aromatic N) is 1. The summed E-state index contributed by atoms with van der Waals surface area (Å²) in [5.74, 6) is -0.874. The number of nitrogens with one attached hydrogen (secondary N) is 2. The van der Waals surface area contributed by atoms with E-state index in [0.717, 1.165) is 33.4 Å². The fraction of sp³-hybridized carbons (Fsp3) is 0.172. The van der Waals surface area contributed by atoms with Gasteiger partial charge in [-0.1, -0.05) is 30.3 Å². The summed E-state index contributed by atoms with van der Waals surface area (Å²) in [7, 11) is 0. The van der Waals surface area contributed by atoms with Crippen molar-refractivity contribution in [2.75, 3.05) is 23.8 Å². The van der Waals surface area contributed by atoms with Crippen LogP contribution in [0.3, 0.4) is 0 Å². The van der Waals surface area contributed by atoms with Crippen LogP contribution in [0.15, 0.2) is 71.6 Å². The molecule has 8 nitrogen and oxygen atoms in total. The normalized spacial score (nSPS) is 14.1. The maximum Gasteiger partial charge on any atom is 0.294 e. The Balaban J connectivity index is 1.35. The summed E-state index contributed by atoms with van der Waals surface area (Å²) in [6.07, 6.45) is 1.56. The molecule has 1 aliphatic rings. The Bertz CT molecular complexity index is 1450. The van der Waals surface area contributed by atoms with E-state index in [1.165, 1.54) is 0 Å². The van der Waals surface area contributed by atoms with Crippen LogP contribution >= 0.6 is 11.8 Å². The summed E-state index contributed by atoms with van der Waals surface area (Å²) in [4.78, 5) is 51.1. The van der Waals surface area contributed by atoms with Crippen LogP contribution in [0.5, 0.6) is 5.75 Å². The number of carbonyl (C=O) groups is 4. The van der Waals surface area contributed by atoms with Crippen LogP contribution in [0.2, 0.25) is 0 Å². The van der Waals surface area contributed by atoms with Crippen molar-refractivity contribution < 1.29 is 23.9 Å². The van der Waals surface area contributed by atoms with Gasteiger partial charge in [0, 0.05) is 11.4 Å². The summed E-state index contributed by atoms with van der Waals surface area (Å²) in [6.45, 7) is 5.30. The van der Waals surface area contributed by atoms with E-state index in [9.17, 15) is 19.2 Å². The number of carbonyl (C=O) groups excluding carboxylic acids is 4. The minimum atomic E-state index is -0.543. The Morgan fingerprint density at radius 1 is 0.868 bits per heavy atom. The van der Waals surface area contributed by atoms with Crippen LogP contribution in [0, 0.1) is 20.8 Å². The lowest BCUT2D eigenvalue weighted by Crippen LogP contribution is -2.36. The lowest BCUT2D eigenvalue weighted by Gasteiger charge is -2.12. The van der Waals surface area contributed by atoms with E-state index in [1.54, 1.807) is 42.5 Å². The van der Waals surface area contributed by atoms with Crippen LogP contribution in [0.25, 0.3) is 6.08 Å². The number of anilines is 2. The van der Waals surface area contributed by atoms with Crippen molar-refractivity contribution in [1.82, 2.24) is 4.90 Å². The molecule has 0 saturated carbocycles. The highest BCUT2D eigenvalue weighted by atomic mass is 32.2. The van der Waals surface area contributed by atoms with Crippen molar-refractivity contribution >= 4 is 52.2 Å². The van der Waals surface area contributed by atoms with E-state index in [2.05, 4.69) is 10.6 Å². The Labute approximate surface area is 225 Å². The molecule has 1 saturated heterocycles. The van der Waals surface area contributed by atoms with Crippen LogP contribution in [0.4, 0.5) is 16.2 Å². The Morgan fingerprint density at radius 2 is 1.61 bits per heavy atom. The number of thioether (sulfide) groups is 1. The van der Waals surface area contributed by atoms with Gasteiger partial charge in [0.2, 0.25) is 5.91 Å². The van der Waals surface area contributed by atoms with Gasteiger partial charge in [0.25, 0.3) is 17.1 Å². The van der Waals surface area contributed by atoms with Gasteiger partial charge in [-0.2, -0.15) is 0 Å². The minimum Gasteiger partial charge on any atom is -0.484 e. The molecule has 4 rings (SSSR count). The number of amides is 4. The summed E-state index contributed by atoms with van der Waals surface area (Å²) in [6, 6.07) is 19.8. The summed E-state index contributed by atoms with van der Waals surface area (Å²) >= 11 is 0.768. The Morgan fingerprint density at radius 3 is 2.37 bits per heavy atom. The number of benzene rings is 3. The standard InChI is InChI=1S/C29H27N3O5S/c1-18-6-4-8-22(12-18)30-26(33)16-32-28(35)25(38-29(32)36)15-21-7-5-9-24(14-21)37-17-27(34)31-23-11-10-19(2)20(3)13-23/h4-15H,16-17H2,1-3H3,(H,30,33)(H,31,34)/b25-15-. The second-order valence-corrected chi connectivity index (χ2v) is 9.89. The van der Waals surface area contributed by atoms with Gasteiger partial charge in [-0.25, -0.2) is 0 Å². The van der Waals surface area contributed by atoms with E-state index in [4.69, 9.17) is 4.74 Å². The van der Waals surface area contributed by atoms with Crippen molar-refractivity contribution in [2.45, 2.75) is 20.8 Å². The largest absolute Gasteiger partial charge is 0.484 e. The lowest BCUT2D eigenvalue weighted by atomic mass is 10.1. The molecule has 194 valence electrons. The first-order valence-corrected chi connectivity index (χ1v) is 12.7. The Hall–Kier alpha value is -4.37. The molecule has 0 spiro atoms. The van der Waals surface area contributed by atoms with Crippen molar-refractivity contribution in [3.63, 3.8) is 0 Å². The zero-order valence-corrected chi connectivity index (χ0v) is 22.1. The number of imide groups is 1. The highest BCUT2D eigenvalue weighted by molar-refractivity contribution is 8.18. The third-order valence-corrected chi connectivity index (χ3v) is 6.70. The molecule has 0 radical (unpaired) electrons. The first-order valence-electron chi connectivity index (χ1n) is 11.9. The van der Waals surface area contributed by atoms with Crippen molar-refractivity contribution in [1.29, 1.82) is 0 Å². The van der Waals surface area contributed by atoms with Crippen LogP contribution in [0.1, 0.15) is 22.3 Å². The first kappa shape index (κ1) is 26.7. The van der Waals surface area contributed by atoms with Crippen LogP contribution < -0.4 is 15.4 Å². The number of rotatable bonds is 8. The maximum atomic E-state index is 12.8. The molecule has 1 fully saturated rings. The Kier molecular flexibility index (Phi) is 8.28. The van der Waals surface area contributed by atoms with Gasteiger partial charge in [-0.3, -0.25) is 24.1 Å². The molecule has 3 aromatic rings. The van der Waals surface area contributed by atoms with Gasteiger partial charge < -0.3 is 15.4 Å². The second kappa shape index (κ2) is 11.8. The number of ether oxygens (including phenoxy) is 1.